The van der Waals surface area contributed by atoms with Gasteiger partial charge in [-0.15, -0.1) is 0 Å². The second-order valence-electron chi connectivity index (χ2n) is 7.60. The van der Waals surface area contributed by atoms with E-state index in [1.54, 1.807) is 18.2 Å². The lowest BCUT2D eigenvalue weighted by atomic mass is 9.97. The third-order valence-electron chi connectivity index (χ3n) is 5.39. The number of piperidine rings is 1. The maximum Gasteiger partial charge on any atom is 0.248 e. The Balaban J connectivity index is 1.44. The minimum absolute atomic E-state index is 0.0402. The van der Waals surface area contributed by atoms with Crippen molar-refractivity contribution in [1.29, 1.82) is 0 Å². The number of hydrogen-bond donors (Lipinski definition) is 1. The van der Waals surface area contributed by atoms with Crippen LogP contribution in [0.2, 0.25) is 0 Å². The molecule has 1 saturated heterocycles. The van der Waals surface area contributed by atoms with E-state index in [0.717, 1.165) is 12.1 Å². The molecule has 0 bridgehead atoms. The summed E-state index contributed by atoms with van der Waals surface area (Å²) in [5.74, 6) is -1.97. The lowest BCUT2D eigenvalue weighted by Crippen LogP contribution is -2.41. The lowest BCUT2D eigenvalue weighted by Gasteiger charge is -2.30. The molecule has 1 fully saturated rings. The highest BCUT2D eigenvalue weighted by Crippen LogP contribution is 2.30. The van der Waals surface area contributed by atoms with Crippen molar-refractivity contribution >= 4 is 33.8 Å². The first-order valence-electron chi connectivity index (χ1n) is 10.2. The Kier molecular flexibility index (Phi) is 6.43. The number of carbonyl (C=O) groups is 1. The molecule has 8 nitrogen and oxygen atoms in total. The number of hydrogen-bond acceptors (Lipinski definition) is 6. The summed E-state index contributed by atoms with van der Waals surface area (Å²) in [6, 6.07) is 6.29. The summed E-state index contributed by atoms with van der Waals surface area (Å²) >= 11 is 0. The molecule has 1 aromatic carbocycles. The Labute approximate surface area is 188 Å². The van der Waals surface area contributed by atoms with Gasteiger partial charge in [-0.2, -0.15) is 4.31 Å². The number of amides is 1. The SMILES string of the molecule is Cc1noc(C=Cc2ccco2)c1S(=O)(=O)N1CCC(C(=O)Nc2ccc(F)cc2F)CC1. The monoisotopic (exact) mass is 477 g/mol. The summed E-state index contributed by atoms with van der Waals surface area (Å²) in [6.07, 6.45) is 5.03. The summed E-state index contributed by atoms with van der Waals surface area (Å²) in [5.41, 5.74) is 0.102. The number of aromatic nitrogens is 1. The first kappa shape index (κ1) is 22.9. The quantitative estimate of drug-likeness (QED) is 0.574. The van der Waals surface area contributed by atoms with Gasteiger partial charge in [-0.3, -0.25) is 4.79 Å². The number of nitrogens with one attached hydrogen (secondary N) is 1. The zero-order valence-corrected chi connectivity index (χ0v) is 18.4. The van der Waals surface area contributed by atoms with Crippen molar-refractivity contribution in [3.05, 3.63) is 65.4 Å². The van der Waals surface area contributed by atoms with E-state index in [2.05, 4.69) is 10.5 Å². The summed E-state index contributed by atoms with van der Waals surface area (Å²) in [7, 11) is -3.93. The van der Waals surface area contributed by atoms with Crippen LogP contribution in [0.5, 0.6) is 0 Å². The van der Waals surface area contributed by atoms with Gasteiger partial charge in [0.1, 0.15) is 23.1 Å². The molecule has 1 aliphatic rings. The zero-order valence-electron chi connectivity index (χ0n) is 17.6. The van der Waals surface area contributed by atoms with Gasteiger partial charge in [-0.25, -0.2) is 17.2 Å². The van der Waals surface area contributed by atoms with E-state index in [4.69, 9.17) is 8.94 Å². The fourth-order valence-corrected chi connectivity index (χ4v) is 5.38. The molecule has 2 aromatic heterocycles. The first-order chi connectivity index (χ1) is 15.8. The number of furan rings is 1. The topological polar surface area (TPSA) is 106 Å². The predicted octanol–water partition coefficient (Wildman–Crippen LogP) is 4.06. The van der Waals surface area contributed by atoms with Crippen LogP contribution in [0.1, 0.15) is 30.1 Å². The molecule has 0 spiro atoms. The van der Waals surface area contributed by atoms with Gasteiger partial charge >= 0.3 is 0 Å². The van der Waals surface area contributed by atoms with Crippen LogP contribution >= 0.6 is 0 Å². The number of nitrogens with zero attached hydrogens (tertiary/aromatic N) is 2. The number of benzene rings is 1. The number of rotatable bonds is 6. The molecule has 11 heteroatoms. The Morgan fingerprint density at radius 1 is 1.21 bits per heavy atom. The molecule has 33 heavy (non-hydrogen) atoms. The largest absolute Gasteiger partial charge is 0.465 e. The number of halogens is 2. The van der Waals surface area contributed by atoms with Crippen LogP contribution in [0.25, 0.3) is 12.2 Å². The molecule has 0 unspecified atom stereocenters. The first-order valence-corrected chi connectivity index (χ1v) is 11.6. The molecule has 3 aromatic rings. The highest BCUT2D eigenvalue weighted by atomic mass is 32.2. The minimum atomic E-state index is -3.93. The van der Waals surface area contributed by atoms with Crippen molar-refractivity contribution in [2.75, 3.05) is 18.4 Å². The molecule has 1 amide bonds. The predicted molar refractivity (Wildman–Crippen MR) is 115 cm³/mol. The van der Waals surface area contributed by atoms with Crippen molar-refractivity contribution in [3.8, 4) is 0 Å². The summed E-state index contributed by atoms with van der Waals surface area (Å²) in [5, 5.41) is 6.24. The molecule has 0 aliphatic carbocycles. The maximum atomic E-state index is 13.8. The normalized spacial score (nSPS) is 15.8. The minimum Gasteiger partial charge on any atom is -0.465 e. The van der Waals surface area contributed by atoms with E-state index in [9.17, 15) is 22.0 Å². The smallest absolute Gasteiger partial charge is 0.248 e. The van der Waals surface area contributed by atoms with Crippen LogP contribution in [-0.4, -0.2) is 36.9 Å². The average molecular weight is 477 g/mol. The number of carbonyl (C=O) groups excluding carboxylic acids is 1. The summed E-state index contributed by atoms with van der Waals surface area (Å²) < 4.78 is 65.1. The van der Waals surface area contributed by atoms with Crippen molar-refractivity contribution in [3.63, 3.8) is 0 Å². The summed E-state index contributed by atoms with van der Waals surface area (Å²) in [4.78, 5) is 12.5. The van der Waals surface area contributed by atoms with Gasteiger partial charge in [0, 0.05) is 25.1 Å². The Hall–Kier alpha value is -3.31. The third-order valence-corrected chi connectivity index (χ3v) is 7.44. The molecule has 3 heterocycles. The zero-order chi connectivity index (χ0) is 23.6. The highest BCUT2D eigenvalue weighted by Gasteiger charge is 2.36. The van der Waals surface area contributed by atoms with E-state index < -0.39 is 33.5 Å². The van der Waals surface area contributed by atoms with Crippen LogP contribution in [0.15, 0.2) is 50.4 Å². The van der Waals surface area contributed by atoms with Crippen LogP contribution in [0, 0.1) is 24.5 Å². The summed E-state index contributed by atoms with van der Waals surface area (Å²) in [6.45, 7) is 1.73. The highest BCUT2D eigenvalue weighted by molar-refractivity contribution is 7.89. The van der Waals surface area contributed by atoms with Gasteiger partial charge in [0.15, 0.2) is 10.7 Å². The number of sulfonamides is 1. The molecular formula is C22H21F2N3O5S. The standard InChI is InChI=1S/C22H21F2N3O5S/c1-14-21(20(32-26-14)7-5-17-3-2-12-31-17)33(29,30)27-10-8-15(9-11-27)22(28)25-19-6-4-16(23)13-18(19)24/h2-7,12-13,15H,8-11H2,1H3,(H,25,28). The Bertz CT molecular complexity index is 1280. The van der Waals surface area contributed by atoms with E-state index in [1.165, 1.54) is 23.6 Å². The second kappa shape index (κ2) is 9.28. The van der Waals surface area contributed by atoms with E-state index in [1.807, 2.05) is 0 Å². The third kappa shape index (κ3) is 4.88. The molecule has 1 aliphatic heterocycles. The molecule has 0 atom stereocenters. The molecular weight excluding hydrogens is 456 g/mol. The fourth-order valence-electron chi connectivity index (χ4n) is 3.66. The maximum absolute atomic E-state index is 13.8. The molecule has 1 N–H and O–H groups in total. The van der Waals surface area contributed by atoms with Gasteiger partial charge < -0.3 is 14.3 Å². The number of anilines is 1. The van der Waals surface area contributed by atoms with Crippen LogP contribution < -0.4 is 5.32 Å². The van der Waals surface area contributed by atoms with Crippen LogP contribution in [0.4, 0.5) is 14.5 Å². The van der Waals surface area contributed by atoms with Gasteiger partial charge in [-0.1, -0.05) is 5.16 Å². The number of aryl methyl sites for hydroxylation is 1. The van der Waals surface area contributed by atoms with E-state index in [0.29, 0.717) is 11.8 Å². The van der Waals surface area contributed by atoms with Crippen molar-refractivity contribution in [1.82, 2.24) is 9.46 Å². The van der Waals surface area contributed by atoms with E-state index >= 15 is 0 Å². The van der Waals surface area contributed by atoms with Gasteiger partial charge in [0.25, 0.3) is 0 Å². The lowest BCUT2D eigenvalue weighted by molar-refractivity contribution is -0.120. The van der Waals surface area contributed by atoms with Crippen molar-refractivity contribution < 1.29 is 30.9 Å². The van der Waals surface area contributed by atoms with Crippen LogP contribution in [0.3, 0.4) is 0 Å². The molecule has 174 valence electrons. The van der Waals surface area contributed by atoms with Crippen LogP contribution in [-0.2, 0) is 14.8 Å². The Morgan fingerprint density at radius 3 is 2.64 bits per heavy atom. The van der Waals surface area contributed by atoms with Gasteiger partial charge in [-0.05, 0) is 56.2 Å². The fraction of sp³-hybridized carbons (Fsp3) is 0.273. The Morgan fingerprint density at radius 2 is 1.97 bits per heavy atom. The van der Waals surface area contributed by atoms with Gasteiger partial charge in [0.2, 0.25) is 15.9 Å². The van der Waals surface area contributed by atoms with Gasteiger partial charge in [0.05, 0.1) is 12.0 Å². The van der Waals surface area contributed by atoms with Crippen molar-refractivity contribution in [2.45, 2.75) is 24.7 Å². The molecule has 0 saturated carbocycles. The average Bonchev–Trinajstić information content (AvgIpc) is 3.44. The molecule has 4 rings (SSSR count). The van der Waals surface area contributed by atoms with Crippen molar-refractivity contribution in [2.24, 2.45) is 5.92 Å². The molecule has 0 radical (unpaired) electrons. The second-order valence-corrected chi connectivity index (χ2v) is 9.48. The van der Waals surface area contributed by atoms with E-state index in [-0.39, 0.29) is 48.0 Å².